The lowest BCUT2D eigenvalue weighted by Crippen LogP contribution is -2.03. The highest BCUT2D eigenvalue weighted by atomic mass is 32.2. The van der Waals surface area contributed by atoms with Crippen molar-refractivity contribution in [2.75, 3.05) is 7.11 Å². The summed E-state index contributed by atoms with van der Waals surface area (Å²) in [5, 5.41) is 0.480. The molecule has 0 atom stereocenters. The number of sulfone groups is 1. The first-order valence-corrected chi connectivity index (χ1v) is 7.52. The van der Waals surface area contributed by atoms with E-state index in [0.29, 0.717) is 10.9 Å². The molecule has 0 aliphatic heterocycles. The SMILES string of the molecule is [2H]n1c(OC)c(S(=O)(=O)c2ccccc2)c2ccccc21. The van der Waals surface area contributed by atoms with Crippen molar-refractivity contribution in [2.24, 2.45) is 0 Å². The highest BCUT2D eigenvalue weighted by molar-refractivity contribution is 7.91. The molecular formula is C15H13NO3S. The van der Waals surface area contributed by atoms with E-state index in [0.717, 1.165) is 4.98 Å². The van der Waals surface area contributed by atoms with E-state index in [2.05, 4.69) is 0 Å². The zero-order chi connectivity index (χ0) is 15.0. The number of fused-ring (bicyclic) bond motifs is 1. The molecule has 0 saturated heterocycles. The predicted octanol–water partition coefficient (Wildman–Crippen LogP) is 3.01. The lowest BCUT2D eigenvalue weighted by Gasteiger charge is -2.05. The molecule has 1 heterocycles. The second-order valence-electron chi connectivity index (χ2n) is 4.28. The van der Waals surface area contributed by atoms with E-state index in [-0.39, 0.29) is 15.7 Å². The molecule has 0 saturated carbocycles. The van der Waals surface area contributed by atoms with E-state index in [9.17, 15) is 8.42 Å². The Morgan fingerprint density at radius 1 is 1.05 bits per heavy atom. The van der Waals surface area contributed by atoms with Gasteiger partial charge in [0.05, 0.1) is 12.0 Å². The van der Waals surface area contributed by atoms with E-state index in [1.54, 1.807) is 42.5 Å². The molecule has 0 unspecified atom stereocenters. The Balaban J connectivity index is 2.40. The number of nitrogens with one attached hydrogen (secondary N) is 1. The Bertz CT molecular complexity index is 901. The molecule has 0 aliphatic carbocycles. The molecule has 3 rings (SSSR count). The average molecular weight is 288 g/mol. The molecule has 0 aliphatic rings. The number of ether oxygens (including phenoxy) is 1. The zero-order valence-corrected chi connectivity index (χ0v) is 11.6. The number of hydrogen-bond acceptors (Lipinski definition) is 3. The van der Waals surface area contributed by atoms with Gasteiger partial charge in [-0.3, -0.25) is 0 Å². The maximum atomic E-state index is 12.9. The van der Waals surface area contributed by atoms with Crippen LogP contribution in [0.1, 0.15) is 0 Å². The maximum absolute atomic E-state index is 12.9. The minimum absolute atomic E-state index is 0.0139. The Labute approximate surface area is 118 Å². The van der Waals surface area contributed by atoms with Crippen molar-refractivity contribution in [3.63, 3.8) is 0 Å². The zero-order valence-electron chi connectivity index (χ0n) is 11.8. The highest BCUT2D eigenvalue weighted by Gasteiger charge is 2.26. The average Bonchev–Trinajstić information content (AvgIpc) is 2.81. The minimum atomic E-state index is -3.75. The van der Waals surface area contributed by atoms with Crippen LogP contribution in [-0.2, 0) is 9.84 Å². The van der Waals surface area contributed by atoms with Crippen molar-refractivity contribution in [3.05, 3.63) is 54.6 Å². The minimum Gasteiger partial charge on any atom is -0.481 e. The number of benzene rings is 2. The van der Waals surface area contributed by atoms with Crippen LogP contribution in [0, 0.1) is 0 Å². The van der Waals surface area contributed by atoms with Gasteiger partial charge in [-0.2, -0.15) is 0 Å². The highest BCUT2D eigenvalue weighted by Crippen LogP contribution is 2.35. The molecule has 2 aromatic carbocycles. The molecule has 1 N–H and O–H groups in total. The molecule has 0 bridgehead atoms. The van der Waals surface area contributed by atoms with E-state index in [1.165, 1.54) is 19.2 Å². The third-order valence-corrected chi connectivity index (χ3v) is 4.91. The molecule has 3 aromatic rings. The van der Waals surface area contributed by atoms with Crippen LogP contribution in [0.3, 0.4) is 0 Å². The van der Waals surface area contributed by atoms with Gasteiger partial charge < -0.3 is 9.71 Å². The van der Waals surface area contributed by atoms with Crippen molar-refractivity contribution in [2.45, 2.75) is 9.79 Å². The summed E-state index contributed by atoms with van der Waals surface area (Å²) < 4.78 is 38.9. The van der Waals surface area contributed by atoms with Gasteiger partial charge in [0.2, 0.25) is 15.7 Å². The Hall–Kier alpha value is -2.27. The molecule has 0 spiro atoms. The van der Waals surface area contributed by atoms with Gasteiger partial charge >= 0.3 is 0 Å². The van der Waals surface area contributed by atoms with Gasteiger partial charge in [0, 0.05) is 10.9 Å². The van der Waals surface area contributed by atoms with Crippen LogP contribution in [0.15, 0.2) is 64.4 Å². The largest absolute Gasteiger partial charge is 0.481 e. The molecular weight excluding hydrogens is 274 g/mol. The number of aromatic amines is 1. The van der Waals surface area contributed by atoms with Crippen molar-refractivity contribution in [3.8, 4) is 5.88 Å². The molecule has 20 heavy (non-hydrogen) atoms. The van der Waals surface area contributed by atoms with Gasteiger partial charge in [0.15, 0.2) is 1.41 Å². The standard InChI is InChI=1S/C15H13NO3S/c1-19-15-14(12-9-5-6-10-13(12)16-15)20(17,18)11-7-3-2-4-8-11/h2-10,16H,1H3/i/hD. The van der Waals surface area contributed by atoms with Gasteiger partial charge in [-0.05, 0) is 18.2 Å². The van der Waals surface area contributed by atoms with Crippen LogP contribution in [0.2, 0.25) is 1.41 Å². The van der Waals surface area contributed by atoms with Crippen LogP contribution >= 0.6 is 0 Å². The van der Waals surface area contributed by atoms with Gasteiger partial charge in [-0.1, -0.05) is 36.4 Å². The normalized spacial score (nSPS) is 12.3. The molecule has 0 radical (unpaired) electrons. The first kappa shape index (κ1) is 11.5. The molecule has 5 heteroatoms. The predicted molar refractivity (Wildman–Crippen MR) is 76.7 cm³/mol. The van der Waals surface area contributed by atoms with E-state index in [1.807, 2.05) is 0 Å². The fraction of sp³-hybridized carbons (Fsp3) is 0.0667. The van der Waals surface area contributed by atoms with Gasteiger partial charge in [-0.25, -0.2) is 8.42 Å². The Kier molecular flexibility index (Phi) is 2.70. The van der Waals surface area contributed by atoms with Gasteiger partial charge in [0.25, 0.3) is 0 Å². The van der Waals surface area contributed by atoms with Crippen LogP contribution in [-0.4, -0.2) is 20.5 Å². The van der Waals surface area contributed by atoms with Gasteiger partial charge in [-0.15, -0.1) is 0 Å². The van der Waals surface area contributed by atoms with Crippen molar-refractivity contribution in [1.82, 2.24) is 4.98 Å². The van der Waals surface area contributed by atoms with E-state index in [4.69, 9.17) is 6.15 Å². The van der Waals surface area contributed by atoms with Crippen molar-refractivity contribution in [1.29, 1.82) is 0 Å². The summed E-state index contributed by atoms with van der Waals surface area (Å²) >= 11 is 0. The van der Waals surface area contributed by atoms with E-state index < -0.39 is 9.84 Å². The summed E-state index contributed by atoms with van der Waals surface area (Å²) in [5.74, 6) is 0.0139. The fourth-order valence-electron chi connectivity index (χ4n) is 2.15. The lowest BCUT2D eigenvalue weighted by atomic mass is 10.2. The van der Waals surface area contributed by atoms with E-state index >= 15 is 0 Å². The Morgan fingerprint density at radius 2 is 1.70 bits per heavy atom. The quantitative estimate of drug-likeness (QED) is 0.806. The third-order valence-electron chi connectivity index (χ3n) is 3.08. The molecule has 0 amide bonds. The summed E-state index contributed by atoms with van der Waals surface area (Å²) in [7, 11) is -2.39. The Morgan fingerprint density at radius 3 is 2.40 bits per heavy atom. The van der Waals surface area contributed by atoms with Crippen LogP contribution in [0.4, 0.5) is 0 Å². The van der Waals surface area contributed by atoms with Crippen molar-refractivity contribution < 1.29 is 14.6 Å². The number of rotatable bonds is 3. The molecule has 4 nitrogen and oxygen atoms in total. The fourth-order valence-corrected chi connectivity index (χ4v) is 3.73. The number of methoxy groups -OCH3 is 1. The number of hydrogen-bond donors (Lipinski definition) is 1. The summed E-state index contributed by atoms with van der Waals surface area (Å²) in [4.78, 5) is 1.21. The monoisotopic (exact) mass is 288 g/mol. The molecule has 1 aromatic heterocycles. The molecule has 102 valence electrons. The first-order chi connectivity index (χ1) is 10.1. The lowest BCUT2D eigenvalue weighted by molar-refractivity contribution is 0.390. The number of H-pyrrole nitrogens is 1. The summed E-state index contributed by atoms with van der Waals surface area (Å²) in [5.41, 5.74) is 0.490. The van der Waals surface area contributed by atoms with Crippen LogP contribution in [0.25, 0.3) is 10.9 Å². The summed E-state index contributed by atoms with van der Waals surface area (Å²) in [6.45, 7) is 0. The van der Waals surface area contributed by atoms with Crippen LogP contribution in [0.5, 0.6) is 5.88 Å². The van der Waals surface area contributed by atoms with Gasteiger partial charge in [0.1, 0.15) is 4.90 Å². The molecule has 0 fully saturated rings. The second-order valence-corrected chi connectivity index (χ2v) is 6.17. The maximum Gasteiger partial charge on any atom is 0.212 e. The number of aromatic nitrogens is 1. The first-order valence-electron chi connectivity index (χ1n) is 6.49. The second kappa shape index (κ2) is 4.68. The van der Waals surface area contributed by atoms with Crippen LogP contribution < -0.4 is 4.74 Å². The topological polar surface area (TPSA) is 59.2 Å². The smallest absolute Gasteiger partial charge is 0.212 e. The number of para-hydroxylation sites is 1. The summed E-state index contributed by atoms with van der Waals surface area (Å²) in [6, 6.07) is 15.0. The van der Waals surface area contributed by atoms with Crippen molar-refractivity contribution >= 4 is 20.7 Å². The third kappa shape index (κ3) is 1.87. The summed E-state index contributed by atoms with van der Waals surface area (Å²) in [6.07, 6.45) is 0.